The average molecular weight is 232 g/mol. The van der Waals surface area contributed by atoms with Crippen LogP contribution < -0.4 is 0 Å². The van der Waals surface area contributed by atoms with Gasteiger partial charge in [0.25, 0.3) is 0 Å². The summed E-state index contributed by atoms with van der Waals surface area (Å²) < 4.78 is 27.7. The zero-order valence-electron chi connectivity index (χ0n) is 9.71. The SMILES string of the molecule is CCCc1ccc(-c2ccccc2)c(F)c1F. The van der Waals surface area contributed by atoms with Gasteiger partial charge in [0.05, 0.1) is 0 Å². The van der Waals surface area contributed by atoms with E-state index < -0.39 is 11.6 Å². The molecule has 0 nitrogen and oxygen atoms in total. The lowest BCUT2D eigenvalue weighted by atomic mass is 10.0. The van der Waals surface area contributed by atoms with Gasteiger partial charge >= 0.3 is 0 Å². The minimum atomic E-state index is -0.748. The molecule has 0 unspecified atom stereocenters. The fraction of sp³-hybridized carbons (Fsp3) is 0.200. The minimum absolute atomic E-state index is 0.322. The van der Waals surface area contributed by atoms with Crippen LogP contribution in [-0.2, 0) is 6.42 Å². The Kier molecular flexibility index (Phi) is 3.52. The summed E-state index contributed by atoms with van der Waals surface area (Å²) in [7, 11) is 0. The van der Waals surface area contributed by atoms with Gasteiger partial charge in [-0.2, -0.15) is 0 Å². The van der Waals surface area contributed by atoms with Crippen molar-refractivity contribution in [3.8, 4) is 11.1 Å². The van der Waals surface area contributed by atoms with Crippen molar-refractivity contribution in [2.45, 2.75) is 19.8 Å². The van der Waals surface area contributed by atoms with Gasteiger partial charge in [0.2, 0.25) is 0 Å². The largest absolute Gasteiger partial charge is 0.203 e. The van der Waals surface area contributed by atoms with E-state index in [0.29, 0.717) is 23.1 Å². The highest BCUT2D eigenvalue weighted by molar-refractivity contribution is 5.64. The van der Waals surface area contributed by atoms with Gasteiger partial charge in [-0.15, -0.1) is 0 Å². The molecule has 2 heteroatoms. The predicted octanol–water partition coefficient (Wildman–Crippen LogP) is 4.58. The van der Waals surface area contributed by atoms with Gasteiger partial charge in [-0.05, 0) is 17.5 Å². The van der Waals surface area contributed by atoms with E-state index in [2.05, 4.69) is 0 Å². The molecule has 0 saturated carbocycles. The van der Waals surface area contributed by atoms with E-state index in [1.54, 1.807) is 24.3 Å². The zero-order valence-corrected chi connectivity index (χ0v) is 9.71. The Morgan fingerprint density at radius 1 is 0.882 bits per heavy atom. The Hall–Kier alpha value is -1.70. The molecule has 0 heterocycles. The quantitative estimate of drug-likeness (QED) is 0.726. The van der Waals surface area contributed by atoms with Gasteiger partial charge in [-0.3, -0.25) is 0 Å². The molecule has 0 fully saturated rings. The van der Waals surface area contributed by atoms with Crippen molar-refractivity contribution in [3.05, 3.63) is 59.7 Å². The summed E-state index contributed by atoms with van der Waals surface area (Å²) in [5.41, 5.74) is 1.47. The average Bonchev–Trinajstić information content (AvgIpc) is 2.36. The maximum absolute atomic E-state index is 13.9. The van der Waals surface area contributed by atoms with Crippen molar-refractivity contribution in [2.75, 3.05) is 0 Å². The molecule has 2 aromatic carbocycles. The number of hydrogen-bond donors (Lipinski definition) is 0. The highest BCUT2D eigenvalue weighted by atomic mass is 19.2. The molecule has 0 aliphatic carbocycles. The second kappa shape index (κ2) is 5.09. The summed E-state index contributed by atoms with van der Waals surface area (Å²) in [5.74, 6) is -1.46. The Balaban J connectivity index is 2.48. The first-order valence-corrected chi connectivity index (χ1v) is 5.76. The van der Waals surface area contributed by atoms with E-state index in [0.717, 1.165) is 6.42 Å². The summed E-state index contributed by atoms with van der Waals surface area (Å²) in [6.45, 7) is 1.95. The fourth-order valence-electron chi connectivity index (χ4n) is 1.89. The van der Waals surface area contributed by atoms with Crippen LogP contribution in [0, 0.1) is 11.6 Å². The Labute approximate surface area is 99.9 Å². The van der Waals surface area contributed by atoms with Crippen molar-refractivity contribution in [2.24, 2.45) is 0 Å². The molecule has 0 aromatic heterocycles. The van der Waals surface area contributed by atoms with E-state index in [9.17, 15) is 8.78 Å². The molecule has 17 heavy (non-hydrogen) atoms. The van der Waals surface area contributed by atoms with E-state index in [1.807, 2.05) is 25.1 Å². The summed E-state index contributed by atoms with van der Waals surface area (Å²) in [4.78, 5) is 0. The standard InChI is InChI=1S/C15H14F2/c1-2-6-12-9-10-13(15(17)14(12)16)11-7-4-3-5-8-11/h3-5,7-10H,2,6H2,1H3. The van der Waals surface area contributed by atoms with Gasteiger partial charge in [-0.1, -0.05) is 55.8 Å². The lowest BCUT2D eigenvalue weighted by Crippen LogP contribution is -1.96. The van der Waals surface area contributed by atoms with Crippen LogP contribution in [0.1, 0.15) is 18.9 Å². The first kappa shape index (κ1) is 11.8. The number of halogens is 2. The van der Waals surface area contributed by atoms with Gasteiger partial charge < -0.3 is 0 Å². The lowest BCUT2D eigenvalue weighted by molar-refractivity contribution is 0.500. The highest BCUT2D eigenvalue weighted by Gasteiger charge is 2.13. The Morgan fingerprint density at radius 3 is 2.24 bits per heavy atom. The van der Waals surface area contributed by atoms with Crippen LogP contribution in [0.4, 0.5) is 8.78 Å². The maximum atomic E-state index is 13.9. The highest BCUT2D eigenvalue weighted by Crippen LogP contribution is 2.26. The van der Waals surface area contributed by atoms with Crippen LogP contribution in [0.15, 0.2) is 42.5 Å². The van der Waals surface area contributed by atoms with E-state index in [-0.39, 0.29) is 0 Å². The molecule has 88 valence electrons. The molecule has 0 atom stereocenters. The summed E-state index contributed by atoms with van der Waals surface area (Å²) >= 11 is 0. The molecular weight excluding hydrogens is 218 g/mol. The second-order valence-corrected chi connectivity index (χ2v) is 4.02. The topological polar surface area (TPSA) is 0 Å². The molecule has 0 aliphatic rings. The van der Waals surface area contributed by atoms with E-state index in [1.165, 1.54) is 0 Å². The van der Waals surface area contributed by atoms with Crippen molar-refractivity contribution >= 4 is 0 Å². The van der Waals surface area contributed by atoms with Crippen LogP contribution in [0.3, 0.4) is 0 Å². The van der Waals surface area contributed by atoms with Gasteiger partial charge in [0, 0.05) is 5.56 Å². The lowest BCUT2D eigenvalue weighted by Gasteiger charge is -2.08. The van der Waals surface area contributed by atoms with Crippen molar-refractivity contribution in [1.82, 2.24) is 0 Å². The third-order valence-electron chi connectivity index (χ3n) is 2.77. The number of aryl methyl sites for hydroxylation is 1. The molecular formula is C15H14F2. The molecule has 0 amide bonds. The van der Waals surface area contributed by atoms with Crippen LogP contribution in [0.5, 0.6) is 0 Å². The first-order valence-electron chi connectivity index (χ1n) is 5.76. The van der Waals surface area contributed by atoms with E-state index in [4.69, 9.17) is 0 Å². The van der Waals surface area contributed by atoms with Crippen LogP contribution in [0.25, 0.3) is 11.1 Å². The van der Waals surface area contributed by atoms with Crippen molar-refractivity contribution < 1.29 is 8.78 Å². The summed E-state index contributed by atoms with van der Waals surface area (Å²) in [5, 5.41) is 0. The van der Waals surface area contributed by atoms with Crippen LogP contribution in [0.2, 0.25) is 0 Å². The zero-order chi connectivity index (χ0) is 12.3. The Morgan fingerprint density at radius 2 is 1.59 bits per heavy atom. The van der Waals surface area contributed by atoms with Crippen LogP contribution >= 0.6 is 0 Å². The number of hydrogen-bond acceptors (Lipinski definition) is 0. The molecule has 0 radical (unpaired) electrons. The minimum Gasteiger partial charge on any atom is -0.203 e. The third-order valence-corrected chi connectivity index (χ3v) is 2.77. The Bertz CT molecular complexity index is 504. The number of rotatable bonds is 3. The third kappa shape index (κ3) is 2.36. The normalized spacial score (nSPS) is 10.5. The van der Waals surface area contributed by atoms with Gasteiger partial charge in [-0.25, -0.2) is 8.78 Å². The molecule has 0 N–H and O–H groups in total. The smallest absolute Gasteiger partial charge is 0.166 e. The van der Waals surface area contributed by atoms with Crippen LogP contribution in [-0.4, -0.2) is 0 Å². The maximum Gasteiger partial charge on any atom is 0.166 e. The monoisotopic (exact) mass is 232 g/mol. The first-order chi connectivity index (χ1) is 8.24. The summed E-state index contributed by atoms with van der Waals surface area (Å²) in [6, 6.07) is 12.3. The molecule has 0 bridgehead atoms. The molecule has 0 spiro atoms. The van der Waals surface area contributed by atoms with E-state index >= 15 is 0 Å². The second-order valence-electron chi connectivity index (χ2n) is 4.02. The van der Waals surface area contributed by atoms with Gasteiger partial charge in [0.15, 0.2) is 11.6 Å². The summed E-state index contributed by atoms with van der Waals surface area (Å²) in [6.07, 6.45) is 1.37. The molecule has 0 saturated heterocycles. The van der Waals surface area contributed by atoms with Crippen molar-refractivity contribution in [1.29, 1.82) is 0 Å². The number of benzene rings is 2. The molecule has 2 rings (SSSR count). The molecule has 0 aliphatic heterocycles. The van der Waals surface area contributed by atoms with Crippen molar-refractivity contribution in [3.63, 3.8) is 0 Å². The molecule has 2 aromatic rings. The fourth-order valence-corrected chi connectivity index (χ4v) is 1.89. The van der Waals surface area contributed by atoms with Gasteiger partial charge in [0.1, 0.15) is 0 Å². The predicted molar refractivity (Wildman–Crippen MR) is 65.8 cm³/mol.